The third kappa shape index (κ3) is 4.20. The van der Waals surface area contributed by atoms with Gasteiger partial charge in [-0.1, -0.05) is 0 Å². The molecule has 0 aliphatic heterocycles. The first-order chi connectivity index (χ1) is 9.45. The van der Waals surface area contributed by atoms with E-state index in [1.54, 1.807) is 0 Å². The van der Waals surface area contributed by atoms with E-state index in [1.807, 2.05) is 0 Å². The Morgan fingerprint density at radius 1 is 0.429 bits per heavy atom. The van der Waals surface area contributed by atoms with Gasteiger partial charge >= 0.3 is 118 Å². The van der Waals surface area contributed by atoms with Crippen LogP contribution in [0, 0.1) is 0 Å². The van der Waals surface area contributed by atoms with Crippen molar-refractivity contribution in [3.63, 3.8) is 0 Å². The summed E-state index contributed by atoms with van der Waals surface area (Å²) >= 11 is -1.15. The molecule has 3 aromatic carbocycles. The Bertz CT molecular complexity index is 535. The van der Waals surface area contributed by atoms with Crippen molar-refractivity contribution in [2.45, 2.75) is 0 Å². The standard InChI is InChI=1S/C18H15Se.ClH.H2O/c1-4-10-16(11-5-1)19(17-12-6-2-7-13-17)18-14-8-3-9-15-18;;/h1-15H;1H;1H2/q+1;;/p-1. The van der Waals surface area contributed by atoms with Crippen molar-refractivity contribution in [3.05, 3.63) is 91.0 Å². The number of rotatable bonds is 3. The van der Waals surface area contributed by atoms with Crippen LogP contribution in [0.3, 0.4) is 0 Å². The zero-order valence-corrected chi connectivity index (χ0v) is 13.9. The van der Waals surface area contributed by atoms with Crippen LogP contribution in [0.2, 0.25) is 0 Å². The normalized spacial score (nSPS) is 9.57. The number of halogens is 1. The molecule has 3 rings (SSSR count). The van der Waals surface area contributed by atoms with Gasteiger partial charge in [0.25, 0.3) is 0 Å². The topological polar surface area (TPSA) is 31.5 Å². The van der Waals surface area contributed by atoms with Crippen molar-refractivity contribution < 1.29 is 17.9 Å². The molecule has 0 aliphatic rings. The van der Waals surface area contributed by atoms with Gasteiger partial charge in [0, 0.05) is 0 Å². The SMILES string of the molecule is O.[Cl-].c1ccc([Se+](c2ccccc2)c2ccccc2)cc1. The summed E-state index contributed by atoms with van der Waals surface area (Å²) in [5.74, 6) is 0. The van der Waals surface area contributed by atoms with Crippen LogP contribution in [0.1, 0.15) is 0 Å². The molecule has 108 valence electrons. The molecule has 3 heteroatoms. The van der Waals surface area contributed by atoms with E-state index in [4.69, 9.17) is 0 Å². The minimum absolute atomic E-state index is 0. The first-order valence-corrected chi connectivity index (χ1v) is 8.91. The molecule has 0 amide bonds. The first kappa shape index (κ1) is 17.5. The predicted octanol–water partition coefficient (Wildman–Crippen LogP) is -1.62. The number of hydrogen-bond donors (Lipinski definition) is 0. The average Bonchev–Trinajstić information content (AvgIpc) is 2.51. The van der Waals surface area contributed by atoms with Crippen molar-refractivity contribution in [2.24, 2.45) is 0 Å². The molecule has 21 heavy (non-hydrogen) atoms. The van der Waals surface area contributed by atoms with Crippen molar-refractivity contribution >= 4 is 27.3 Å². The Kier molecular flexibility index (Phi) is 7.21. The Morgan fingerprint density at radius 3 is 0.905 bits per heavy atom. The maximum absolute atomic E-state index is 2.25. The Balaban J connectivity index is 0.00000110. The molecule has 0 fully saturated rings. The summed E-state index contributed by atoms with van der Waals surface area (Å²) in [4.78, 5) is 0. The van der Waals surface area contributed by atoms with Crippen LogP contribution < -0.4 is 25.8 Å². The van der Waals surface area contributed by atoms with Crippen LogP contribution in [-0.2, 0) is 0 Å². The Morgan fingerprint density at radius 2 is 0.667 bits per heavy atom. The van der Waals surface area contributed by atoms with E-state index in [-0.39, 0.29) is 17.9 Å². The van der Waals surface area contributed by atoms with Gasteiger partial charge < -0.3 is 17.9 Å². The van der Waals surface area contributed by atoms with Crippen LogP contribution in [0.5, 0.6) is 0 Å². The van der Waals surface area contributed by atoms with Crippen molar-refractivity contribution in [1.82, 2.24) is 0 Å². The predicted molar refractivity (Wildman–Crippen MR) is 87.6 cm³/mol. The quantitative estimate of drug-likeness (QED) is 0.501. The molecule has 3 aromatic rings. The van der Waals surface area contributed by atoms with Crippen LogP contribution in [-0.4, -0.2) is 19.4 Å². The fourth-order valence-electron chi connectivity index (χ4n) is 2.08. The summed E-state index contributed by atoms with van der Waals surface area (Å²) in [6.07, 6.45) is 0. The molecule has 0 aliphatic carbocycles. The van der Waals surface area contributed by atoms with Crippen molar-refractivity contribution in [1.29, 1.82) is 0 Å². The molecule has 0 spiro atoms. The van der Waals surface area contributed by atoms with Gasteiger partial charge in [-0.3, -0.25) is 0 Å². The zero-order valence-electron chi connectivity index (χ0n) is 11.4. The zero-order chi connectivity index (χ0) is 12.9. The van der Waals surface area contributed by atoms with Crippen LogP contribution >= 0.6 is 0 Å². The van der Waals surface area contributed by atoms with E-state index >= 15 is 0 Å². The Hall–Kier alpha value is -1.57. The molecular formula is C18H17ClOSe. The minimum atomic E-state index is -1.15. The van der Waals surface area contributed by atoms with E-state index in [0.717, 1.165) is 0 Å². The second kappa shape index (κ2) is 8.66. The van der Waals surface area contributed by atoms with Gasteiger partial charge in [-0.2, -0.15) is 0 Å². The molecule has 0 bridgehead atoms. The van der Waals surface area contributed by atoms with Crippen LogP contribution in [0.4, 0.5) is 0 Å². The summed E-state index contributed by atoms with van der Waals surface area (Å²) in [6, 6.07) is 32.6. The fourth-order valence-corrected chi connectivity index (χ4v) is 6.49. The molecule has 2 N–H and O–H groups in total. The van der Waals surface area contributed by atoms with Gasteiger partial charge in [0.05, 0.1) is 0 Å². The molecule has 0 aromatic heterocycles. The summed E-state index contributed by atoms with van der Waals surface area (Å²) in [6.45, 7) is 0. The van der Waals surface area contributed by atoms with Gasteiger partial charge in [-0.25, -0.2) is 0 Å². The summed E-state index contributed by atoms with van der Waals surface area (Å²) in [5, 5.41) is 0. The van der Waals surface area contributed by atoms with Crippen molar-refractivity contribution in [3.8, 4) is 0 Å². The average molecular weight is 364 g/mol. The fraction of sp³-hybridized carbons (Fsp3) is 0. The summed E-state index contributed by atoms with van der Waals surface area (Å²) in [7, 11) is 0. The second-order valence-electron chi connectivity index (χ2n) is 4.25. The van der Waals surface area contributed by atoms with E-state index in [9.17, 15) is 0 Å². The molecule has 0 saturated carbocycles. The summed E-state index contributed by atoms with van der Waals surface area (Å²) in [5.41, 5.74) is 0. The van der Waals surface area contributed by atoms with E-state index in [0.29, 0.717) is 0 Å². The van der Waals surface area contributed by atoms with Crippen LogP contribution in [0.15, 0.2) is 91.0 Å². The molecule has 0 radical (unpaired) electrons. The third-order valence-electron chi connectivity index (χ3n) is 2.94. The summed E-state index contributed by atoms with van der Waals surface area (Å²) < 4.78 is 4.37. The van der Waals surface area contributed by atoms with Crippen molar-refractivity contribution in [2.75, 3.05) is 0 Å². The third-order valence-corrected chi connectivity index (χ3v) is 7.62. The van der Waals surface area contributed by atoms with E-state index in [2.05, 4.69) is 91.0 Å². The number of hydrogen-bond acceptors (Lipinski definition) is 0. The van der Waals surface area contributed by atoms with E-state index < -0.39 is 13.9 Å². The van der Waals surface area contributed by atoms with E-state index in [1.165, 1.54) is 13.4 Å². The monoisotopic (exact) mass is 364 g/mol. The molecule has 0 unspecified atom stereocenters. The molecule has 0 atom stereocenters. The first-order valence-electron chi connectivity index (χ1n) is 6.34. The van der Waals surface area contributed by atoms with Gasteiger partial charge in [-0.05, 0) is 0 Å². The Labute approximate surface area is 136 Å². The number of benzene rings is 3. The van der Waals surface area contributed by atoms with Gasteiger partial charge in [-0.15, -0.1) is 0 Å². The van der Waals surface area contributed by atoms with Crippen LogP contribution in [0.25, 0.3) is 0 Å². The second-order valence-corrected chi connectivity index (χ2v) is 8.50. The van der Waals surface area contributed by atoms with Gasteiger partial charge in [0.2, 0.25) is 0 Å². The van der Waals surface area contributed by atoms with Gasteiger partial charge in [0.1, 0.15) is 0 Å². The molecular weight excluding hydrogens is 347 g/mol. The molecule has 0 heterocycles. The molecule has 1 nitrogen and oxygen atoms in total. The van der Waals surface area contributed by atoms with Gasteiger partial charge in [0.15, 0.2) is 0 Å². The molecule has 0 saturated heterocycles. The maximum atomic E-state index is 2.25.